The number of amides is 5. The Balaban J connectivity index is 1.56. The van der Waals surface area contributed by atoms with E-state index in [1.165, 1.54) is 0 Å². The van der Waals surface area contributed by atoms with Gasteiger partial charge in [0.25, 0.3) is 17.7 Å². The van der Waals surface area contributed by atoms with Crippen LogP contribution in [0.5, 0.6) is 0 Å². The second-order valence-corrected chi connectivity index (χ2v) is 9.35. The fourth-order valence-electron chi connectivity index (χ4n) is 4.57. The molecule has 0 bridgehead atoms. The molecule has 0 radical (unpaired) electrons. The molecule has 0 aromatic carbocycles. The van der Waals surface area contributed by atoms with Gasteiger partial charge in [-0.1, -0.05) is 27.2 Å². The molecule has 170 valence electrons. The van der Waals surface area contributed by atoms with Crippen molar-refractivity contribution < 1.29 is 23.6 Å². The number of aryl methyl sites for hydroxylation is 2. The first-order valence-corrected chi connectivity index (χ1v) is 10.8. The maximum Gasteiger partial charge on any atom is 0.325 e. The van der Waals surface area contributed by atoms with E-state index < -0.39 is 29.9 Å². The molecule has 1 saturated carbocycles. The van der Waals surface area contributed by atoms with Crippen LogP contribution in [0.1, 0.15) is 74.8 Å². The summed E-state index contributed by atoms with van der Waals surface area (Å²) < 4.78 is 5.30. The van der Waals surface area contributed by atoms with Gasteiger partial charge in [0.1, 0.15) is 23.6 Å². The molecule has 5 amide bonds. The number of hydrazine groups is 1. The number of nitrogens with one attached hydrogen (secondary N) is 3. The quantitative estimate of drug-likeness (QED) is 0.488. The first kappa shape index (κ1) is 22.8. The van der Waals surface area contributed by atoms with Crippen LogP contribution in [0.4, 0.5) is 4.79 Å². The Hall–Kier alpha value is -2.84. The minimum absolute atomic E-state index is 0.191. The largest absolute Gasteiger partial charge is 0.466 e. The van der Waals surface area contributed by atoms with Gasteiger partial charge in [-0.2, -0.15) is 0 Å². The molecule has 1 aliphatic carbocycles. The lowest BCUT2D eigenvalue weighted by Gasteiger charge is -2.42. The Morgan fingerprint density at radius 2 is 1.87 bits per heavy atom. The van der Waals surface area contributed by atoms with Gasteiger partial charge in [0.2, 0.25) is 0 Å². The summed E-state index contributed by atoms with van der Waals surface area (Å²) in [5.41, 5.74) is 4.12. The maximum absolute atomic E-state index is 13.0. The van der Waals surface area contributed by atoms with Crippen molar-refractivity contribution in [2.45, 2.75) is 72.3 Å². The van der Waals surface area contributed by atoms with E-state index in [2.05, 4.69) is 36.9 Å². The summed E-state index contributed by atoms with van der Waals surface area (Å²) in [6.45, 7) is 9.55. The molecular formula is C22H32N4O5. The fraction of sp³-hybridized carbons (Fsp3) is 0.636. The van der Waals surface area contributed by atoms with Crippen molar-refractivity contribution in [2.24, 2.45) is 11.3 Å². The molecule has 0 atom stereocenters. The second kappa shape index (κ2) is 8.36. The van der Waals surface area contributed by atoms with Gasteiger partial charge in [-0.15, -0.1) is 0 Å². The summed E-state index contributed by atoms with van der Waals surface area (Å²) in [6, 6.07) is 0.995. The van der Waals surface area contributed by atoms with Crippen molar-refractivity contribution >= 4 is 23.8 Å². The molecule has 9 heteroatoms. The summed E-state index contributed by atoms with van der Waals surface area (Å²) in [5, 5.41) is 2.82. The average molecular weight is 433 g/mol. The highest BCUT2D eigenvalue weighted by Gasteiger charge is 2.53. The Morgan fingerprint density at radius 1 is 1.23 bits per heavy atom. The zero-order valence-corrected chi connectivity index (χ0v) is 18.9. The number of rotatable bonds is 5. The van der Waals surface area contributed by atoms with Gasteiger partial charge in [0, 0.05) is 0 Å². The van der Waals surface area contributed by atoms with Crippen LogP contribution in [0.15, 0.2) is 10.5 Å². The monoisotopic (exact) mass is 432 g/mol. The lowest BCUT2D eigenvalue weighted by Crippen LogP contribution is -2.51. The van der Waals surface area contributed by atoms with Crippen LogP contribution in [0, 0.1) is 25.2 Å². The molecule has 2 fully saturated rings. The summed E-state index contributed by atoms with van der Waals surface area (Å²) in [7, 11) is 0. The van der Waals surface area contributed by atoms with Gasteiger partial charge < -0.3 is 9.73 Å². The highest BCUT2D eigenvalue weighted by Crippen LogP contribution is 2.45. The first-order valence-electron chi connectivity index (χ1n) is 10.8. The minimum atomic E-state index is -0.924. The van der Waals surface area contributed by atoms with Crippen LogP contribution in [0.2, 0.25) is 0 Å². The second-order valence-electron chi connectivity index (χ2n) is 9.35. The molecule has 1 aromatic rings. The summed E-state index contributed by atoms with van der Waals surface area (Å²) >= 11 is 0. The number of urea groups is 1. The normalized spacial score (nSPS) is 23.8. The van der Waals surface area contributed by atoms with Crippen LogP contribution >= 0.6 is 0 Å². The van der Waals surface area contributed by atoms with E-state index in [4.69, 9.17) is 4.42 Å². The van der Waals surface area contributed by atoms with Crippen LogP contribution in [-0.2, 0) is 9.59 Å². The van der Waals surface area contributed by atoms with E-state index >= 15 is 0 Å². The van der Waals surface area contributed by atoms with Crippen LogP contribution < -0.4 is 16.2 Å². The first-order chi connectivity index (χ1) is 14.5. The van der Waals surface area contributed by atoms with Crippen LogP contribution in [0.3, 0.4) is 0 Å². The Bertz CT molecular complexity index is 896. The van der Waals surface area contributed by atoms with Gasteiger partial charge in [-0.05, 0) is 56.9 Å². The van der Waals surface area contributed by atoms with Crippen molar-refractivity contribution in [3.8, 4) is 0 Å². The SMILES string of the molecule is CCC(C)(C)C1CCC2(CC1)NC(=O)N(CC(=O)NNC(=O)c1cc(C)oc1C)C2=O. The third-order valence-corrected chi connectivity index (χ3v) is 7.00. The Morgan fingerprint density at radius 3 is 2.42 bits per heavy atom. The third kappa shape index (κ3) is 4.45. The predicted molar refractivity (Wildman–Crippen MR) is 113 cm³/mol. The van der Waals surface area contributed by atoms with Crippen molar-refractivity contribution in [2.75, 3.05) is 6.54 Å². The molecule has 0 unspecified atom stereocenters. The standard InChI is InChI=1S/C22H32N4O5/c1-6-21(4,5)15-7-9-22(10-8-15)19(29)26(20(30)23-22)12-17(27)24-25-18(28)16-11-13(2)31-14(16)3/h11,15H,6-10,12H2,1-5H3,(H,23,30)(H,24,27)(H,25,28). The van der Waals surface area contributed by atoms with E-state index in [1.807, 2.05) is 0 Å². The lowest BCUT2D eigenvalue weighted by molar-refractivity contribution is -0.136. The minimum Gasteiger partial charge on any atom is -0.466 e. The molecule has 1 spiro atoms. The predicted octanol–water partition coefficient (Wildman–Crippen LogP) is 2.57. The van der Waals surface area contributed by atoms with Crippen molar-refractivity contribution in [3.63, 3.8) is 0 Å². The van der Waals surface area contributed by atoms with E-state index in [0.717, 1.165) is 24.2 Å². The molecule has 3 N–H and O–H groups in total. The van der Waals surface area contributed by atoms with Crippen molar-refractivity contribution in [3.05, 3.63) is 23.2 Å². The summed E-state index contributed by atoms with van der Waals surface area (Å²) in [4.78, 5) is 50.9. The molecule has 3 rings (SSSR count). The maximum atomic E-state index is 13.0. The smallest absolute Gasteiger partial charge is 0.325 e. The molecule has 9 nitrogen and oxygen atoms in total. The highest BCUT2D eigenvalue weighted by atomic mass is 16.3. The number of hydrogen-bond acceptors (Lipinski definition) is 5. The van der Waals surface area contributed by atoms with Gasteiger partial charge >= 0.3 is 6.03 Å². The number of imide groups is 1. The average Bonchev–Trinajstić information content (AvgIpc) is 3.17. The zero-order valence-electron chi connectivity index (χ0n) is 18.9. The molecule has 1 aliphatic heterocycles. The number of hydrogen-bond donors (Lipinski definition) is 3. The number of furan rings is 1. The lowest BCUT2D eigenvalue weighted by atomic mass is 9.65. The number of carbonyl (C=O) groups is 4. The molecule has 1 aromatic heterocycles. The summed E-state index contributed by atoms with van der Waals surface area (Å²) in [6.07, 6.45) is 3.90. The fourth-order valence-corrected chi connectivity index (χ4v) is 4.57. The van der Waals surface area contributed by atoms with E-state index in [1.54, 1.807) is 19.9 Å². The van der Waals surface area contributed by atoms with Crippen LogP contribution in [0.25, 0.3) is 0 Å². The highest BCUT2D eigenvalue weighted by molar-refractivity contribution is 6.09. The third-order valence-electron chi connectivity index (χ3n) is 7.00. The van der Waals surface area contributed by atoms with Crippen LogP contribution in [-0.4, -0.2) is 40.7 Å². The molecule has 1 saturated heterocycles. The molecular weight excluding hydrogens is 400 g/mol. The van der Waals surface area contributed by atoms with Crippen molar-refractivity contribution in [1.82, 2.24) is 21.1 Å². The van der Waals surface area contributed by atoms with Crippen molar-refractivity contribution in [1.29, 1.82) is 0 Å². The molecule has 2 aliphatic rings. The molecule has 31 heavy (non-hydrogen) atoms. The number of nitrogens with zero attached hydrogens (tertiary/aromatic N) is 1. The van der Waals surface area contributed by atoms with Gasteiger partial charge in [-0.3, -0.25) is 30.1 Å². The van der Waals surface area contributed by atoms with E-state index in [0.29, 0.717) is 35.8 Å². The van der Waals surface area contributed by atoms with E-state index in [9.17, 15) is 19.2 Å². The van der Waals surface area contributed by atoms with Gasteiger partial charge in [0.05, 0.1) is 5.56 Å². The van der Waals surface area contributed by atoms with Gasteiger partial charge in [-0.25, -0.2) is 4.79 Å². The Labute approximate surface area is 182 Å². The number of carbonyl (C=O) groups excluding carboxylic acids is 4. The van der Waals surface area contributed by atoms with E-state index in [-0.39, 0.29) is 11.3 Å². The zero-order chi connectivity index (χ0) is 23.0. The van der Waals surface area contributed by atoms with Gasteiger partial charge in [0.15, 0.2) is 0 Å². The Kier molecular flexibility index (Phi) is 6.16. The molecule has 2 heterocycles. The topological polar surface area (TPSA) is 121 Å². The summed E-state index contributed by atoms with van der Waals surface area (Å²) in [5.74, 6) is -0.0537.